The maximum absolute atomic E-state index is 13.1. The van der Waals surface area contributed by atoms with Crippen molar-refractivity contribution in [3.05, 3.63) is 35.6 Å². The molecule has 0 radical (unpaired) electrons. The zero-order chi connectivity index (χ0) is 13.8. The van der Waals surface area contributed by atoms with Crippen LogP contribution < -0.4 is 0 Å². The van der Waals surface area contributed by atoms with Crippen molar-refractivity contribution in [1.29, 1.82) is 0 Å². The predicted octanol–water partition coefficient (Wildman–Crippen LogP) is 2.45. The molecule has 1 aromatic rings. The highest BCUT2D eigenvalue weighted by atomic mass is 19.1. The van der Waals surface area contributed by atoms with E-state index in [1.807, 2.05) is 6.92 Å². The van der Waals surface area contributed by atoms with E-state index in [0.717, 1.165) is 19.3 Å². The third-order valence-corrected chi connectivity index (χ3v) is 3.86. The Labute approximate surface area is 113 Å². The zero-order valence-corrected chi connectivity index (χ0v) is 11.2. The summed E-state index contributed by atoms with van der Waals surface area (Å²) >= 11 is 0. The van der Waals surface area contributed by atoms with Crippen molar-refractivity contribution in [1.82, 2.24) is 4.90 Å². The monoisotopic (exact) mass is 265 g/mol. The van der Waals surface area contributed by atoms with Crippen LogP contribution in [0, 0.1) is 11.7 Å². The van der Waals surface area contributed by atoms with E-state index >= 15 is 0 Å². The number of likely N-dealkylation sites (tertiary alicyclic amines) is 1. The van der Waals surface area contributed by atoms with E-state index in [0.29, 0.717) is 18.7 Å². The Bertz CT molecular complexity index is 442. The van der Waals surface area contributed by atoms with Crippen LogP contribution in [0.3, 0.4) is 0 Å². The molecule has 4 heteroatoms. The number of hydrogen-bond acceptors (Lipinski definition) is 2. The smallest absolute Gasteiger partial charge is 0.253 e. The molecular formula is C15H20FNO2. The first-order valence-electron chi connectivity index (χ1n) is 6.84. The number of carbonyl (C=O) groups is 1. The van der Waals surface area contributed by atoms with E-state index < -0.39 is 0 Å². The number of piperidine rings is 1. The van der Waals surface area contributed by atoms with Gasteiger partial charge in [-0.25, -0.2) is 4.39 Å². The summed E-state index contributed by atoms with van der Waals surface area (Å²) < 4.78 is 13.1. The third kappa shape index (κ3) is 3.32. The summed E-state index contributed by atoms with van der Waals surface area (Å²) in [6.07, 6.45) is 2.11. The molecule has 1 fully saturated rings. The second-order valence-electron chi connectivity index (χ2n) is 5.12. The Morgan fingerprint density at radius 1 is 1.47 bits per heavy atom. The van der Waals surface area contributed by atoms with Gasteiger partial charge in [-0.1, -0.05) is 13.0 Å². The van der Waals surface area contributed by atoms with Crippen LogP contribution in [0.25, 0.3) is 0 Å². The summed E-state index contributed by atoms with van der Waals surface area (Å²) in [6.45, 7) is 3.24. The lowest BCUT2D eigenvalue weighted by Crippen LogP contribution is -2.41. The Balaban J connectivity index is 1.96. The van der Waals surface area contributed by atoms with E-state index in [9.17, 15) is 14.3 Å². The maximum Gasteiger partial charge on any atom is 0.253 e. The summed E-state index contributed by atoms with van der Waals surface area (Å²) in [5, 5.41) is 9.81. The summed E-state index contributed by atoms with van der Waals surface area (Å²) in [5.74, 6) is -0.229. The minimum Gasteiger partial charge on any atom is -0.393 e. The van der Waals surface area contributed by atoms with Gasteiger partial charge in [0.1, 0.15) is 5.82 Å². The molecule has 0 saturated carbocycles. The molecule has 0 bridgehead atoms. The molecule has 1 saturated heterocycles. The Kier molecular flexibility index (Phi) is 4.53. The molecule has 1 N–H and O–H groups in total. The summed E-state index contributed by atoms with van der Waals surface area (Å²) in [5.41, 5.74) is 0.398. The van der Waals surface area contributed by atoms with Crippen LogP contribution in [-0.2, 0) is 0 Å². The second kappa shape index (κ2) is 6.15. The fourth-order valence-electron chi connectivity index (χ4n) is 2.62. The number of amides is 1. The second-order valence-corrected chi connectivity index (χ2v) is 5.12. The Hall–Kier alpha value is -1.42. The number of rotatable bonds is 3. The summed E-state index contributed by atoms with van der Waals surface area (Å²) in [6, 6.07) is 5.80. The van der Waals surface area contributed by atoms with Crippen molar-refractivity contribution < 1.29 is 14.3 Å². The largest absolute Gasteiger partial charge is 0.393 e. The van der Waals surface area contributed by atoms with Crippen molar-refractivity contribution in [3.63, 3.8) is 0 Å². The maximum atomic E-state index is 13.1. The number of carbonyl (C=O) groups excluding carboxylic acids is 1. The van der Waals surface area contributed by atoms with E-state index in [1.54, 1.807) is 17.0 Å². The van der Waals surface area contributed by atoms with Crippen molar-refractivity contribution >= 4 is 5.91 Å². The van der Waals surface area contributed by atoms with Crippen molar-refractivity contribution in [3.8, 4) is 0 Å². The highest BCUT2D eigenvalue weighted by molar-refractivity contribution is 5.94. The van der Waals surface area contributed by atoms with Gasteiger partial charge in [-0.05, 0) is 43.4 Å². The zero-order valence-electron chi connectivity index (χ0n) is 11.2. The number of aliphatic hydroxyl groups excluding tert-OH is 1. The molecule has 2 rings (SSSR count). The van der Waals surface area contributed by atoms with E-state index in [2.05, 4.69) is 0 Å². The molecule has 1 aromatic carbocycles. The van der Waals surface area contributed by atoms with Gasteiger partial charge in [0.15, 0.2) is 0 Å². The topological polar surface area (TPSA) is 40.5 Å². The average molecular weight is 265 g/mol. The molecule has 1 heterocycles. The molecule has 104 valence electrons. The lowest BCUT2D eigenvalue weighted by Gasteiger charge is -2.34. The molecule has 1 aliphatic heterocycles. The molecule has 1 amide bonds. The summed E-state index contributed by atoms with van der Waals surface area (Å²) in [7, 11) is 0. The first-order valence-corrected chi connectivity index (χ1v) is 6.84. The number of nitrogens with zero attached hydrogens (tertiary/aromatic N) is 1. The van der Waals surface area contributed by atoms with E-state index in [1.165, 1.54) is 12.1 Å². The van der Waals surface area contributed by atoms with Gasteiger partial charge < -0.3 is 10.0 Å². The van der Waals surface area contributed by atoms with Gasteiger partial charge in [-0.15, -0.1) is 0 Å². The molecule has 1 unspecified atom stereocenters. The predicted molar refractivity (Wildman–Crippen MR) is 71.3 cm³/mol. The van der Waals surface area contributed by atoms with Gasteiger partial charge in [0, 0.05) is 18.7 Å². The number of aliphatic hydroxyl groups is 1. The van der Waals surface area contributed by atoms with Crippen LogP contribution in [0.4, 0.5) is 4.39 Å². The van der Waals surface area contributed by atoms with Crippen molar-refractivity contribution in [2.45, 2.75) is 32.3 Å². The fraction of sp³-hybridized carbons (Fsp3) is 0.533. The number of hydrogen-bond donors (Lipinski definition) is 1. The minimum absolute atomic E-state index is 0.121. The standard InChI is InChI=1S/C15H20FNO2/c1-2-14(18)11-6-8-17(9-7-11)15(19)12-4-3-5-13(16)10-12/h3-5,10-11,14,18H,2,6-9H2,1H3. The van der Waals surface area contributed by atoms with Crippen molar-refractivity contribution in [2.24, 2.45) is 5.92 Å². The third-order valence-electron chi connectivity index (χ3n) is 3.86. The van der Waals surface area contributed by atoms with Gasteiger partial charge in [0.25, 0.3) is 5.91 Å². The number of benzene rings is 1. The Morgan fingerprint density at radius 3 is 2.74 bits per heavy atom. The van der Waals surface area contributed by atoms with Crippen LogP contribution in [0.5, 0.6) is 0 Å². The van der Waals surface area contributed by atoms with Gasteiger partial charge in [-0.2, -0.15) is 0 Å². The lowest BCUT2D eigenvalue weighted by molar-refractivity contribution is 0.0453. The first-order chi connectivity index (χ1) is 9.11. The molecule has 19 heavy (non-hydrogen) atoms. The highest BCUT2D eigenvalue weighted by Crippen LogP contribution is 2.23. The van der Waals surface area contributed by atoms with E-state index in [4.69, 9.17) is 0 Å². The summed E-state index contributed by atoms with van der Waals surface area (Å²) in [4.78, 5) is 13.9. The molecule has 0 aromatic heterocycles. The van der Waals surface area contributed by atoms with Crippen LogP contribution in [-0.4, -0.2) is 35.1 Å². The van der Waals surface area contributed by atoms with E-state index in [-0.39, 0.29) is 23.7 Å². The molecule has 1 atom stereocenters. The highest BCUT2D eigenvalue weighted by Gasteiger charge is 2.27. The quantitative estimate of drug-likeness (QED) is 0.912. The van der Waals surface area contributed by atoms with Gasteiger partial charge in [0.2, 0.25) is 0 Å². The lowest BCUT2D eigenvalue weighted by atomic mass is 9.90. The van der Waals surface area contributed by atoms with Crippen LogP contribution in [0.15, 0.2) is 24.3 Å². The molecule has 0 aliphatic carbocycles. The molecule has 1 aliphatic rings. The minimum atomic E-state index is -0.387. The van der Waals surface area contributed by atoms with Gasteiger partial charge in [-0.3, -0.25) is 4.79 Å². The van der Waals surface area contributed by atoms with Crippen LogP contribution in [0.2, 0.25) is 0 Å². The number of halogens is 1. The molecule has 3 nitrogen and oxygen atoms in total. The molecule has 0 spiro atoms. The van der Waals surface area contributed by atoms with Crippen LogP contribution in [0.1, 0.15) is 36.5 Å². The average Bonchev–Trinajstić information content (AvgIpc) is 2.46. The van der Waals surface area contributed by atoms with Gasteiger partial charge in [0.05, 0.1) is 6.10 Å². The van der Waals surface area contributed by atoms with Crippen molar-refractivity contribution in [2.75, 3.05) is 13.1 Å². The normalized spacial score (nSPS) is 18.4. The Morgan fingerprint density at radius 2 is 2.16 bits per heavy atom. The fourth-order valence-corrected chi connectivity index (χ4v) is 2.62. The SMILES string of the molecule is CCC(O)C1CCN(C(=O)c2cccc(F)c2)CC1. The van der Waals surface area contributed by atoms with Crippen LogP contribution >= 0.6 is 0 Å². The first kappa shape index (κ1) is 14.0. The molecular weight excluding hydrogens is 245 g/mol. The van der Waals surface area contributed by atoms with Gasteiger partial charge >= 0.3 is 0 Å².